The van der Waals surface area contributed by atoms with Crippen molar-refractivity contribution in [2.75, 3.05) is 0 Å². The second kappa shape index (κ2) is 5.42. The van der Waals surface area contributed by atoms with E-state index in [1.807, 2.05) is 41.5 Å². The van der Waals surface area contributed by atoms with Crippen molar-refractivity contribution in [1.29, 1.82) is 0 Å². The van der Waals surface area contributed by atoms with Crippen LogP contribution < -0.4 is 5.73 Å². The third kappa shape index (κ3) is 2.78. The topological polar surface area (TPSA) is 59.5 Å². The van der Waals surface area contributed by atoms with Crippen molar-refractivity contribution in [3.8, 4) is 0 Å². The summed E-state index contributed by atoms with van der Waals surface area (Å²) in [6, 6.07) is 7.43. The fraction of sp³-hybridized carbons (Fsp3) is 0.400. The van der Waals surface area contributed by atoms with Crippen LogP contribution in [0.4, 0.5) is 0 Å². The molecule has 3 rings (SSSR count). The summed E-state index contributed by atoms with van der Waals surface area (Å²) in [5.74, 6) is 1.68. The Bertz CT molecular complexity index is 587. The lowest BCUT2D eigenvalue weighted by molar-refractivity contribution is -0.134. The highest BCUT2D eigenvalue weighted by atomic mass is 32.1. The zero-order chi connectivity index (χ0) is 14.1. The quantitative estimate of drug-likeness (QED) is 0.921. The van der Waals surface area contributed by atoms with Crippen LogP contribution in [0, 0.1) is 6.92 Å². The van der Waals surface area contributed by atoms with E-state index in [0.717, 1.165) is 29.2 Å². The summed E-state index contributed by atoms with van der Waals surface area (Å²) in [5, 5.41) is 1.94. The number of hydrogen-bond donors (Lipinski definition) is 1. The molecular weight excluding hydrogens is 272 g/mol. The Morgan fingerprint density at radius 2 is 2.30 bits per heavy atom. The van der Waals surface area contributed by atoms with Crippen LogP contribution in [0.5, 0.6) is 0 Å². The number of amides is 1. The first-order valence-electron chi connectivity index (χ1n) is 6.80. The lowest BCUT2D eigenvalue weighted by atomic mass is 10.2. The number of rotatable bonds is 5. The van der Waals surface area contributed by atoms with Crippen molar-refractivity contribution in [3.63, 3.8) is 0 Å². The Hall–Kier alpha value is -1.59. The Morgan fingerprint density at radius 1 is 1.50 bits per heavy atom. The van der Waals surface area contributed by atoms with Gasteiger partial charge in [0.15, 0.2) is 0 Å². The maximum absolute atomic E-state index is 12.6. The molecule has 5 heteroatoms. The minimum absolute atomic E-state index is 0.0102. The number of nitrogens with two attached hydrogens (primary N) is 1. The molecule has 2 N–H and O–H groups in total. The van der Waals surface area contributed by atoms with E-state index in [0.29, 0.717) is 12.6 Å². The summed E-state index contributed by atoms with van der Waals surface area (Å²) in [5.41, 5.74) is 6.10. The summed E-state index contributed by atoms with van der Waals surface area (Å²) in [7, 11) is 0. The minimum atomic E-state index is -0.563. The molecule has 2 heterocycles. The first kappa shape index (κ1) is 13.4. The molecule has 1 aliphatic carbocycles. The third-order valence-electron chi connectivity index (χ3n) is 3.51. The molecule has 0 bridgehead atoms. The molecule has 106 valence electrons. The lowest BCUT2D eigenvalue weighted by Gasteiger charge is -2.24. The molecule has 2 aromatic rings. The van der Waals surface area contributed by atoms with Crippen LogP contribution in [0.1, 0.15) is 35.3 Å². The van der Waals surface area contributed by atoms with Crippen molar-refractivity contribution in [1.82, 2.24) is 4.90 Å². The van der Waals surface area contributed by atoms with Gasteiger partial charge in [0.1, 0.15) is 17.6 Å². The zero-order valence-corrected chi connectivity index (χ0v) is 12.2. The van der Waals surface area contributed by atoms with E-state index in [4.69, 9.17) is 10.2 Å². The molecule has 0 aliphatic heterocycles. The van der Waals surface area contributed by atoms with Crippen LogP contribution in [0.15, 0.2) is 34.1 Å². The van der Waals surface area contributed by atoms with E-state index >= 15 is 0 Å². The Labute approximate surface area is 122 Å². The van der Waals surface area contributed by atoms with Gasteiger partial charge in [0, 0.05) is 10.9 Å². The van der Waals surface area contributed by atoms with E-state index in [1.54, 1.807) is 0 Å². The maximum Gasteiger partial charge on any atom is 0.245 e. The lowest BCUT2D eigenvalue weighted by Crippen LogP contribution is -2.39. The fourth-order valence-electron chi connectivity index (χ4n) is 2.28. The van der Waals surface area contributed by atoms with Gasteiger partial charge in [-0.25, -0.2) is 0 Å². The molecule has 1 unspecified atom stereocenters. The summed E-state index contributed by atoms with van der Waals surface area (Å²) in [6.07, 6.45) is 2.12. The average molecular weight is 290 g/mol. The zero-order valence-electron chi connectivity index (χ0n) is 11.4. The Kier molecular flexibility index (Phi) is 3.63. The van der Waals surface area contributed by atoms with Crippen LogP contribution >= 0.6 is 11.3 Å². The minimum Gasteiger partial charge on any atom is -0.464 e. The van der Waals surface area contributed by atoms with Crippen LogP contribution in [-0.4, -0.2) is 16.8 Å². The summed E-state index contributed by atoms with van der Waals surface area (Å²) in [6.45, 7) is 2.42. The van der Waals surface area contributed by atoms with Gasteiger partial charge in [0.05, 0.1) is 6.54 Å². The predicted octanol–water partition coefficient (Wildman–Crippen LogP) is 2.84. The van der Waals surface area contributed by atoms with Gasteiger partial charge in [-0.3, -0.25) is 4.79 Å². The van der Waals surface area contributed by atoms with E-state index in [-0.39, 0.29) is 5.91 Å². The molecule has 1 atom stereocenters. The van der Waals surface area contributed by atoms with Gasteiger partial charge in [0.2, 0.25) is 5.91 Å². The summed E-state index contributed by atoms with van der Waals surface area (Å²) in [4.78, 5) is 15.4. The number of hydrogen-bond acceptors (Lipinski definition) is 4. The number of furan rings is 1. The predicted molar refractivity (Wildman–Crippen MR) is 78.3 cm³/mol. The molecule has 20 heavy (non-hydrogen) atoms. The summed E-state index contributed by atoms with van der Waals surface area (Å²) >= 11 is 1.52. The van der Waals surface area contributed by atoms with Gasteiger partial charge in [-0.05, 0) is 43.3 Å². The molecule has 0 radical (unpaired) electrons. The van der Waals surface area contributed by atoms with Gasteiger partial charge >= 0.3 is 0 Å². The highest BCUT2D eigenvalue weighted by molar-refractivity contribution is 7.10. The van der Waals surface area contributed by atoms with Gasteiger partial charge in [-0.1, -0.05) is 6.07 Å². The molecule has 1 aliphatic rings. The van der Waals surface area contributed by atoms with Crippen molar-refractivity contribution < 1.29 is 9.21 Å². The number of nitrogens with zero attached hydrogens (tertiary/aromatic N) is 1. The standard InChI is InChI=1S/C15H18N2O2S/c1-10-4-7-12(19-10)9-17(11-5-6-11)15(18)14(16)13-3-2-8-20-13/h2-4,7-8,11,14H,5-6,9,16H2,1H3. The molecule has 0 aromatic carbocycles. The molecular formula is C15H18N2O2S. The van der Waals surface area contributed by atoms with Gasteiger partial charge in [-0.15, -0.1) is 11.3 Å². The number of carbonyl (C=O) groups is 1. The SMILES string of the molecule is Cc1ccc(CN(C(=O)C(N)c2cccs2)C2CC2)o1. The molecule has 4 nitrogen and oxygen atoms in total. The number of carbonyl (C=O) groups excluding carboxylic acids is 1. The second-order valence-corrected chi connectivity index (χ2v) is 6.18. The Morgan fingerprint density at radius 3 is 2.85 bits per heavy atom. The molecule has 1 saturated carbocycles. The van der Waals surface area contributed by atoms with Crippen LogP contribution in [0.25, 0.3) is 0 Å². The monoisotopic (exact) mass is 290 g/mol. The fourth-order valence-corrected chi connectivity index (χ4v) is 3.00. The van der Waals surface area contributed by atoms with Crippen LogP contribution in [-0.2, 0) is 11.3 Å². The number of aryl methyl sites for hydroxylation is 1. The molecule has 1 fully saturated rings. The van der Waals surface area contributed by atoms with Crippen LogP contribution in [0.2, 0.25) is 0 Å². The van der Waals surface area contributed by atoms with E-state index in [2.05, 4.69) is 0 Å². The van der Waals surface area contributed by atoms with E-state index < -0.39 is 6.04 Å². The van der Waals surface area contributed by atoms with Crippen molar-refractivity contribution in [3.05, 3.63) is 46.0 Å². The van der Waals surface area contributed by atoms with Crippen molar-refractivity contribution in [2.24, 2.45) is 5.73 Å². The smallest absolute Gasteiger partial charge is 0.245 e. The normalized spacial score (nSPS) is 16.1. The van der Waals surface area contributed by atoms with E-state index in [1.165, 1.54) is 11.3 Å². The first-order chi connectivity index (χ1) is 9.65. The van der Waals surface area contributed by atoms with Gasteiger partial charge < -0.3 is 15.1 Å². The van der Waals surface area contributed by atoms with Gasteiger partial charge in [0.25, 0.3) is 0 Å². The molecule has 1 amide bonds. The average Bonchev–Trinajstić information content (AvgIpc) is 2.97. The highest BCUT2D eigenvalue weighted by Crippen LogP contribution is 2.31. The maximum atomic E-state index is 12.6. The summed E-state index contributed by atoms with van der Waals surface area (Å²) < 4.78 is 5.58. The number of thiophene rings is 1. The molecule has 2 aromatic heterocycles. The van der Waals surface area contributed by atoms with Crippen LogP contribution in [0.3, 0.4) is 0 Å². The Balaban J connectivity index is 1.75. The first-order valence-corrected chi connectivity index (χ1v) is 7.68. The highest BCUT2D eigenvalue weighted by Gasteiger charge is 2.35. The van der Waals surface area contributed by atoms with Gasteiger partial charge in [-0.2, -0.15) is 0 Å². The second-order valence-electron chi connectivity index (χ2n) is 5.20. The molecule has 0 spiro atoms. The third-order valence-corrected chi connectivity index (χ3v) is 4.46. The van der Waals surface area contributed by atoms with E-state index in [9.17, 15) is 4.79 Å². The largest absolute Gasteiger partial charge is 0.464 e. The molecule has 0 saturated heterocycles. The van der Waals surface area contributed by atoms with Crippen molar-refractivity contribution in [2.45, 2.75) is 38.4 Å². The van der Waals surface area contributed by atoms with Crippen molar-refractivity contribution >= 4 is 17.2 Å².